The fourth-order valence-electron chi connectivity index (χ4n) is 1.46. The zero-order valence-electron chi connectivity index (χ0n) is 11.7. The Bertz CT molecular complexity index is 637. The van der Waals surface area contributed by atoms with E-state index in [1.54, 1.807) is 0 Å². The minimum absolute atomic E-state index is 0.100. The van der Waals surface area contributed by atoms with Crippen molar-refractivity contribution in [2.24, 2.45) is 10.5 Å². The summed E-state index contributed by atoms with van der Waals surface area (Å²) >= 11 is 4.07. The van der Waals surface area contributed by atoms with Crippen LogP contribution in [0.3, 0.4) is 0 Å². The molecule has 0 heterocycles. The van der Waals surface area contributed by atoms with Gasteiger partial charge in [0.2, 0.25) is 0 Å². The van der Waals surface area contributed by atoms with Crippen LogP contribution >= 0.6 is 27.7 Å². The SMILES string of the molecule is CC(C)(C)CC(=O)Sc1cc(C(=O)N=[N+]=[N-])c(F)cc1Br. The molecule has 5 nitrogen and oxygen atoms in total. The van der Waals surface area contributed by atoms with Crippen LogP contribution in [0.5, 0.6) is 0 Å². The molecule has 1 aromatic carbocycles. The van der Waals surface area contributed by atoms with Crippen LogP contribution in [0.1, 0.15) is 37.6 Å². The Balaban J connectivity index is 3.08. The van der Waals surface area contributed by atoms with Crippen molar-refractivity contribution in [2.45, 2.75) is 32.1 Å². The predicted octanol–water partition coefficient (Wildman–Crippen LogP) is 5.09. The minimum atomic E-state index is -1.02. The summed E-state index contributed by atoms with van der Waals surface area (Å²) in [5.74, 6) is -1.83. The number of nitrogens with zero attached hydrogens (tertiary/aromatic N) is 3. The van der Waals surface area contributed by atoms with Crippen LogP contribution in [0.2, 0.25) is 0 Å². The second kappa shape index (κ2) is 7.06. The van der Waals surface area contributed by atoms with Gasteiger partial charge >= 0.3 is 0 Å². The highest BCUT2D eigenvalue weighted by molar-refractivity contribution is 9.10. The lowest BCUT2D eigenvalue weighted by Gasteiger charge is -2.16. The summed E-state index contributed by atoms with van der Waals surface area (Å²) < 4.78 is 14.0. The van der Waals surface area contributed by atoms with Gasteiger partial charge in [-0.25, -0.2) is 4.39 Å². The molecule has 0 spiro atoms. The summed E-state index contributed by atoms with van der Waals surface area (Å²) in [6.45, 7) is 5.80. The van der Waals surface area contributed by atoms with E-state index >= 15 is 0 Å². The van der Waals surface area contributed by atoms with E-state index < -0.39 is 11.7 Å². The molecular weight excluding hydrogens is 361 g/mol. The van der Waals surface area contributed by atoms with Crippen molar-refractivity contribution >= 4 is 38.7 Å². The summed E-state index contributed by atoms with van der Waals surface area (Å²) in [6, 6.07) is 2.29. The van der Waals surface area contributed by atoms with Gasteiger partial charge in [-0.05, 0) is 44.1 Å². The maximum Gasteiger partial charge on any atom is 0.252 e. The molecule has 0 saturated carbocycles. The quantitative estimate of drug-likeness (QED) is 0.320. The van der Waals surface area contributed by atoms with Crippen molar-refractivity contribution in [3.63, 3.8) is 0 Å². The highest BCUT2D eigenvalue weighted by Gasteiger charge is 2.20. The van der Waals surface area contributed by atoms with Crippen LogP contribution in [-0.4, -0.2) is 11.0 Å². The number of rotatable bonds is 3. The Morgan fingerprint density at radius 1 is 1.43 bits per heavy atom. The number of amides is 1. The average Bonchev–Trinajstić information content (AvgIpc) is 2.30. The van der Waals surface area contributed by atoms with E-state index in [9.17, 15) is 14.0 Å². The summed E-state index contributed by atoms with van der Waals surface area (Å²) in [4.78, 5) is 26.2. The van der Waals surface area contributed by atoms with Gasteiger partial charge in [0.1, 0.15) is 5.82 Å². The van der Waals surface area contributed by atoms with E-state index in [0.717, 1.165) is 17.8 Å². The first-order valence-electron chi connectivity index (χ1n) is 5.93. The molecular formula is C13H13BrFN3O2S. The standard InChI is InChI=1S/C13H13BrFN3O2S/c1-13(2,3)6-11(19)21-10-4-7(12(20)17-18-16)9(15)5-8(10)14/h4-5H,6H2,1-3H3. The minimum Gasteiger partial charge on any atom is -0.287 e. The van der Waals surface area contributed by atoms with E-state index in [-0.39, 0.29) is 16.1 Å². The van der Waals surface area contributed by atoms with Crippen LogP contribution in [0.25, 0.3) is 10.4 Å². The van der Waals surface area contributed by atoms with E-state index in [0.29, 0.717) is 15.8 Å². The van der Waals surface area contributed by atoms with E-state index in [4.69, 9.17) is 5.53 Å². The van der Waals surface area contributed by atoms with Crippen molar-refractivity contribution in [1.82, 2.24) is 0 Å². The zero-order valence-corrected chi connectivity index (χ0v) is 14.1. The molecule has 1 aromatic rings. The Hall–Kier alpha value is -1.37. The number of azide groups is 1. The van der Waals surface area contributed by atoms with E-state index in [1.807, 2.05) is 20.8 Å². The van der Waals surface area contributed by atoms with Crippen molar-refractivity contribution in [3.8, 4) is 0 Å². The highest BCUT2D eigenvalue weighted by Crippen LogP contribution is 2.34. The first kappa shape index (κ1) is 17.7. The molecule has 8 heteroatoms. The molecule has 21 heavy (non-hydrogen) atoms. The molecule has 112 valence electrons. The molecule has 0 aromatic heterocycles. The van der Waals surface area contributed by atoms with E-state index in [2.05, 4.69) is 26.0 Å². The Morgan fingerprint density at radius 2 is 2.05 bits per heavy atom. The van der Waals surface area contributed by atoms with Crippen LogP contribution in [-0.2, 0) is 4.79 Å². The van der Waals surface area contributed by atoms with Gasteiger partial charge in [-0.3, -0.25) is 9.59 Å². The average molecular weight is 374 g/mol. The number of carbonyl (C=O) groups is 2. The normalized spacial score (nSPS) is 10.9. The highest BCUT2D eigenvalue weighted by atomic mass is 79.9. The van der Waals surface area contributed by atoms with Crippen molar-refractivity contribution < 1.29 is 14.0 Å². The lowest BCUT2D eigenvalue weighted by Crippen LogP contribution is -2.10. The van der Waals surface area contributed by atoms with Gasteiger partial charge in [0.25, 0.3) is 5.91 Å². The molecule has 0 N–H and O–H groups in total. The Morgan fingerprint density at radius 3 is 2.57 bits per heavy atom. The molecule has 0 radical (unpaired) electrons. The maximum absolute atomic E-state index is 13.7. The maximum atomic E-state index is 13.7. The second-order valence-electron chi connectivity index (χ2n) is 5.47. The molecule has 0 bridgehead atoms. The van der Waals surface area contributed by atoms with Gasteiger partial charge in [0, 0.05) is 20.7 Å². The summed E-state index contributed by atoms with van der Waals surface area (Å²) in [5.41, 5.74) is 7.71. The van der Waals surface area contributed by atoms with Gasteiger partial charge in [0.05, 0.1) is 5.56 Å². The topological polar surface area (TPSA) is 82.9 Å². The molecule has 0 atom stereocenters. The van der Waals surface area contributed by atoms with Crippen molar-refractivity contribution in [2.75, 3.05) is 0 Å². The Kier molecular flexibility index (Phi) is 5.95. The number of thioether (sulfide) groups is 1. The first-order valence-corrected chi connectivity index (χ1v) is 7.54. The van der Waals surface area contributed by atoms with Crippen molar-refractivity contribution in [1.29, 1.82) is 0 Å². The lowest BCUT2D eigenvalue weighted by atomic mass is 9.93. The third-order valence-electron chi connectivity index (χ3n) is 2.29. The fourth-order valence-corrected chi connectivity index (χ4v) is 3.10. The fraction of sp³-hybridized carbons (Fsp3) is 0.385. The van der Waals surface area contributed by atoms with Gasteiger partial charge in [-0.15, -0.1) is 0 Å². The number of carbonyl (C=O) groups excluding carboxylic acids is 2. The third kappa shape index (κ3) is 5.49. The molecule has 0 unspecified atom stereocenters. The smallest absolute Gasteiger partial charge is 0.252 e. The second-order valence-corrected chi connectivity index (χ2v) is 7.42. The third-order valence-corrected chi connectivity index (χ3v) is 4.13. The molecule has 1 amide bonds. The zero-order chi connectivity index (χ0) is 16.2. The van der Waals surface area contributed by atoms with Gasteiger partial charge in [-0.1, -0.05) is 32.5 Å². The molecule has 0 fully saturated rings. The predicted molar refractivity (Wildman–Crippen MR) is 82.5 cm³/mol. The number of hydrogen-bond donors (Lipinski definition) is 0. The summed E-state index contributed by atoms with van der Waals surface area (Å²) in [7, 11) is 0. The molecule has 1 rings (SSSR count). The number of benzene rings is 1. The van der Waals surface area contributed by atoms with E-state index in [1.165, 1.54) is 6.07 Å². The largest absolute Gasteiger partial charge is 0.287 e. The van der Waals surface area contributed by atoms with Gasteiger partial charge in [-0.2, -0.15) is 0 Å². The lowest BCUT2D eigenvalue weighted by molar-refractivity contribution is -0.112. The molecule has 0 aliphatic carbocycles. The Labute approximate surface area is 134 Å². The number of hydrogen-bond acceptors (Lipinski definition) is 3. The van der Waals surface area contributed by atoms with Gasteiger partial charge in [0.15, 0.2) is 5.12 Å². The van der Waals surface area contributed by atoms with Crippen LogP contribution < -0.4 is 0 Å². The molecule has 0 aliphatic rings. The summed E-state index contributed by atoms with van der Waals surface area (Å²) in [6.07, 6.45) is 0.334. The molecule has 0 saturated heterocycles. The van der Waals surface area contributed by atoms with Gasteiger partial charge < -0.3 is 0 Å². The van der Waals surface area contributed by atoms with Crippen LogP contribution in [0.4, 0.5) is 4.39 Å². The van der Waals surface area contributed by atoms with Crippen LogP contribution in [0, 0.1) is 11.2 Å². The van der Waals surface area contributed by atoms with Crippen LogP contribution in [0.15, 0.2) is 26.6 Å². The molecule has 0 aliphatic heterocycles. The van der Waals surface area contributed by atoms with Crippen molar-refractivity contribution in [3.05, 3.63) is 38.4 Å². The first-order chi connectivity index (χ1) is 9.64. The summed E-state index contributed by atoms with van der Waals surface area (Å²) in [5, 5.41) is 2.76. The monoisotopic (exact) mass is 373 g/mol. The number of halogens is 2.